The third-order valence-electron chi connectivity index (χ3n) is 7.24. The van der Waals surface area contributed by atoms with Crippen LogP contribution in [-0.4, -0.2) is 23.1 Å². The molecule has 37 heavy (non-hydrogen) atoms. The maximum absolute atomic E-state index is 12.4. The Morgan fingerprint density at radius 1 is 0.568 bits per heavy atom. The number of carboxylic acids is 1. The number of rotatable bonds is 29. The van der Waals surface area contributed by atoms with Crippen molar-refractivity contribution in [3.63, 3.8) is 0 Å². The summed E-state index contributed by atoms with van der Waals surface area (Å²) in [7, 11) is 0. The van der Waals surface area contributed by atoms with Crippen molar-refractivity contribution in [1.82, 2.24) is 0 Å². The average molecular weight is 523 g/mol. The lowest BCUT2D eigenvalue weighted by molar-refractivity contribution is -0.150. The summed E-state index contributed by atoms with van der Waals surface area (Å²) in [6.07, 6.45) is 33.6. The van der Waals surface area contributed by atoms with Crippen LogP contribution < -0.4 is 0 Å². The summed E-state index contributed by atoms with van der Waals surface area (Å²) in [5, 5.41) is 8.94. The van der Waals surface area contributed by atoms with E-state index in [0.29, 0.717) is 19.3 Å². The largest absolute Gasteiger partial charge is 0.481 e. The molecule has 0 aliphatic rings. The molecule has 0 amide bonds. The zero-order valence-electron chi connectivity index (χ0n) is 24.8. The predicted molar refractivity (Wildman–Crippen MR) is 158 cm³/mol. The van der Waals surface area contributed by atoms with Gasteiger partial charge in [-0.3, -0.25) is 9.59 Å². The SMILES string of the molecule is CCCCCC/C=C\CCCCCCCCC(=O)OC(CCCCCCCCCCC)CCCC(=O)O. The van der Waals surface area contributed by atoms with Gasteiger partial charge < -0.3 is 9.84 Å². The molecule has 0 spiro atoms. The number of ether oxygens (including phenoxy) is 1. The molecule has 0 bridgehead atoms. The smallest absolute Gasteiger partial charge is 0.306 e. The molecule has 0 saturated carbocycles. The molecule has 0 fully saturated rings. The lowest BCUT2D eigenvalue weighted by atomic mass is 10.0. The zero-order chi connectivity index (χ0) is 27.2. The van der Waals surface area contributed by atoms with Crippen molar-refractivity contribution in [1.29, 1.82) is 0 Å². The van der Waals surface area contributed by atoms with Gasteiger partial charge in [0.1, 0.15) is 6.10 Å². The van der Waals surface area contributed by atoms with Crippen molar-refractivity contribution >= 4 is 11.9 Å². The summed E-state index contributed by atoms with van der Waals surface area (Å²) in [5.74, 6) is -0.869. The summed E-state index contributed by atoms with van der Waals surface area (Å²) in [6, 6.07) is 0. The predicted octanol–water partition coefficient (Wildman–Crippen LogP) is 10.7. The molecule has 0 rings (SSSR count). The Hall–Kier alpha value is -1.32. The van der Waals surface area contributed by atoms with Gasteiger partial charge in [-0.1, -0.05) is 122 Å². The molecular weight excluding hydrogens is 460 g/mol. The third kappa shape index (κ3) is 29.1. The first kappa shape index (κ1) is 35.7. The molecule has 1 atom stereocenters. The Morgan fingerprint density at radius 3 is 1.54 bits per heavy atom. The Morgan fingerprint density at radius 2 is 1.00 bits per heavy atom. The molecule has 1 N–H and O–H groups in total. The van der Waals surface area contributed by atoms with Crippen LogP contribution in [0.5, 0.6) is 0 Å². The molecule has 4 nitrogen and oxygen atoms in total. The van der Waals surface area contributed by atoms with Gasteiger partial charge in [-0.2, -0.15) is 0 Å². The first-order valence-corrected chi connectivity index (χ1v) is 16.2. The van der Waals surface area contributed by atoms with Crippen LogP contribution in [0, 0.1) is 0 Å². The Bertz CT molecular complexity index is 528. The lowest BCUT2D eigenvalue weighted by Gasteiger charge is -2.18. The number of carboxylic acid groups (broad SMARTS) is 1. The van der Waals surface area contributed by atoms with E-state index >= 15 is 0 Å². The Kier molecular flexibility index (Phi) is 28.2. The number of hydrogen-bond donors (Lipinski definition) is 1. The number of esters is 1. The van der Waals surface area contributed by atoms with Gasteiger partial charge in [0.2, 0.25) is 0 Å². The molecule has 0 heterocycles. The fraction of sp³-hybridized carbons (Fsp3) is 0.879. The van der Waals surface area contributed by atoms with E-state index in [9.17, 15) is 9.59 Å². The maximum Gasteiger partial charge on any atom is 0.306 e. The van der Waals surface area contributed by atoms with Gasteiger partial charge in [0.05, 0.1) is 0 Å². The first-order chi connectivity index (χ1) is 18.1. The fourth-order valence-corrected chi connectivity index (χ4v) is 4.83. The molecule has 0 aromatic heterocycles. The van der Waals surface area contributed by atoms with E-state index in [1.54, 1.807) is 0 Å². The van der Waals surface area contributed by atoms with Crippen molar-refractivity contribution in [3.8, 4) is 0 Å². The maximum atomic E-state index is 12.4. The molecule has 0 aromatic carbocycles. The van der Waals surface area contributed by atoms with Gasteiger partial charge in [0.15, 0.2) is 0 Å². The van der Waals surface area contributed by atoms with E-state index in [1.807, 2.05) is 0 Å². The number of allylic oxidation sites excluding steroid dienone is 2. The normalized spacial score (nSPS) is 12.3. The quantitative estimate of drug-likeness (QED) is 0.0602. The summed E-state index contributed by atoms with van der Waals surface area (Å²) in [4.78, 5) is 23.3. The Labute approximate surface area is 230 Å². The minimum absolute atomic E-state index is 0.0969. The molecule has 0 radical (unpaired) electrons. The monoisotopic (exact) mass is 522 g/mol. The summed E-state index contributed by atoms with van der Waals surface area (Å²) in [5.41, 5.74) is 0. The van der Waals surface area contributed by atoms with Gasteiger partial charge in [-0.25, -0.2) is 0 Å². The van der Waals surface area contributed by atoms with Gasteiger partial charge in [-0.05, 0) is 57.8 Å². The second-order valence-electron chi connectivity index (χ2n) is 11.0. The van der Waals surface area contributed by atoms with E-state index < -0.39 is 5.97 Å². The standard InChI is InChI=1S/C33H62O4/c1-3-5-7-9-11-13-14-15-16-17-19-21-23-25-30-33(36)37-31(28-26-29-32(34)35)27-24-22-20-18-12-10-8-6-4-2/h13-14,31H,3-12,15-30H2,1-2H3,(H,34,35)/b14-13-. The highest BCUT2D eigenvalue weighted by molar-refractivity contribution is 5.69. The molecule has 0 aliphatic carbocycles. The van der Waals surface area contributed by atoms with Gasteiger partial charge in [0, 0.05) is 12.8 Å². The minimum atomic E-state index is -0.772. The second kappa shape index (κ2) is 29.2. The highest BCUT2D eigenvalue weighted by atomic mass is 16.5. The molecule has 0 aromatic rings. The topological polar surface area (TPSA) is 63.6 Å². The van der Waals surface area contributed by atoms with Crippen LogP contribution in [0.15, 0.2) is 12.2 Å². The average Bonchev–Trinajstić information content (AvgIpc) is 2.87. The lowest BCUT2D eigenvalue weighted by Crippen LogP contribution is -2.18. The number of carbonyl (C=O) groups excluding carboxylic acids is 1. The minimum Gasteiger partial charge on any atom is -0.481 e. The molecule has 0 saturated heterocycles. The van der Waals surface area contributed by atoms with Crippen molar-refractivity contribution < 1.29 is 19.4 Å². The number of aliphatic carboxylic acids is 1. The summed E-state index contributed by atoms with van der Waals surface area (Å²) >= 11 is 0. The van der Waals surface area contributed by atoms with Crippen LogP contribution in [0.25, 0.3) is 0 Å². The highest BCUT2D eigenvalue weighted by Gasteiger charge is 2.15. The Balaban J connectivity index is 3.84. The van der Waals surface area contributed by atoms with Crippen molar-refractivity contribution in [2.24, 2.45) is 0 Å². The van der Waals surface area contributed by atoms with Crippen molar-refractivity contribution in [2.45, 2.75) is 187 Å². The molecule has 0 aliphatic heterocycles. The van der Waals surface area contributed by atoms with Gasteiger partial charge >= 0.3 is 11.9 Å². The van der Waals surface area contributed by atoms with Crippen LogP contribution in [0.3, 0.4) is 0 Å². The van der Waals surface area contributed by atoms with Crippen LogP contribution in [0.4, 0.5) is 0 Å². The number of unbranched alkanes of at least 4 members (excludes halogenated alkanes) is 18. The van der Waals surface area contributed by atoms with Crippen LogP contribution in [0.1, 0.15) is 181 Å². The fourth-order valence-electron chi connectivity index (χ4n) is 4.83. The van der Waals surface area contributed by atoms with E-state index in [4.69, 9.17) is 9.84 Å². The summed E-state index contributed by atoms with van der Waals surface area (Å²) in [6.45, 7) is 4.50. The molecule has 1 unspecified atom stereocenters. The summed E-state index contributed by atoms with van der Waals surface area (Å²) < 4.78 is 5.78. The van der Waals surface area contributed by atoms with Crippen molar-refractivity contribution in [2.75, 3.05) is 0 Å². The van der Waals surface area contributed by atoms with Crippen molar-refractivity contribution in [3.05, 3.63) is 12.2 Å². The molecule has 218 valence electrons. The number of carbonyl (C=O) groups is 2. The first-order valence-electron chi connectivity index (χ1n) is 16.2. The van der Waals surface area contributed by atoms with Crippen LogP contribution in [0.2, 0.25) is 0 Å². The van der Waals surface area contributed by atoms with E-state index in [0.717, 1.165) is 25.7 Å². The second-order valence-corrected chi connectivity index (χ2v) is 11.0. The van der Waals surface area contributed by atoms with Crippen LogP contribution >= 0.6 is 0 Å². The van der Waals surface area contributed by atoms with E-state index in [1.165, 1.54) is 116 Å². The molecular formula is C33H62O4. The number of hydrogen-bond acceptors (Lipinski definition) is 3. The van der Waals surface area contributed by atoms with E-state index in [2.05, 4.69) is 26.0 Å². The van der Waals surface area contributed by atoms with Gasteiger partial charge in [-0.15, -0.1) is 0 Å². The van der Waals surface area contributed by atoms with Crippen LogP contribution in [-0.2, 0) is 14.3 Å². The van der Waals surface area contributed by atoms with E-state index in [-0.39, 0.29) is 18.5 Å². The third-order valence-corrected chi connectivity index (χ3v) is 7.24. The molecule has 4 heteroatoms. The van der Waals surface area contributed by atoms with Gasteiger partial charge in [0.25, 0.3) is 0 Å². The highest BCUT2D eigenvalue weighted by Crippen LogP contribution is 2.17. The zero-order valence-corrected chi connectivity index (χ0v) is 24.8.